The monoisotopic (exact) mass is 338 g/mol. The highest BCUT2D eigenvalue weighted by Gasteiger charge is 2.42. The van der Waals surface area contributed by atoms with Crippen LogP contribution in [-0.2, 0) is 13.1 Å². The lowest BCUT2D eigenvalue weighted by molar-refractivity contribution is -0.155. The summed E-state index contributed by atoms with van der Waals surface area (Å²) in [7, 11) is 0. The molecule has 2 N–H and O–H groups in total. The molecule has 3 rings (SSSR count). The van der Waals surface area contributed by atoms with Crippen LogP contribution < -0.4 is 10.6 Å². The van der Waals surface area contributed by atoms with Gasteiger partial charge in [-0.25, -0.2) is 4.39 Å². The maximum Gasteiger partial charge on any atom is 0.412 e. The van der Waals surface area contributed by atoms with Crippen molar-refractivity contribution >= 4 is 5.91 Å². The molecule has 0 unspecified atom stereocenters. The van der Waals surface area contributed by atoms with Gasteiger partial charge in [0.1, 0.15) is 5.82 Å². The van der Waals surface area contributed by atoms with E-state index in [-0.39, 0.29) is 11.1 Å². The average Bonchev–Trinajstić information content (AvgIpc) is 3.00. The van der Waals surface area contributed by atoms with Crippen molar-refractivity contribution in [2.24, 2.45) is 0 Å². The summed E-state index contributed by atoms with van der Waals surface area (Å²) in [6.45, 7) is 1.26. The number of benzene rings is 2. The van der Waals surface area contributed by atoms with Crippen LogP contribution in [0.25, 0.3) is 0 Å². The summed E-state index contributed by atoms with van der Waals surface area (Å²) in [5.74, 6) is -1.46. The zero-order chi connectivity index (χ0) is 17.3. The van der Waals surface area contributed by atoms with Gasteiger partial charge in [-0.2, -0.15) is 13.2 Å². The second-order valence-electron chi connectivity index (χ2n) is 5.59. The first-order valence-electron chi connectivity index (χ1n) is 7.30. The van der Waals surface area contributed by atoms with Crippen LogP contribution in [-0.4, -0.2) is 12.1 Å². The molecule has 0 aliphatic carbocycles. The molecule has 1 amide bonds. The fourth-order valence-electron chi connectivity index (χ4n) is 2.66. The zero-order valence-corrected chi connectivity index (χ0v) is 12.5. The quantitative estimate of drug-likeness (QED) is 0.842. The topological polar surface area (TPSA) is 41.1 Å². The Bertz CT molecular complexity index is 756. The highest BCUT2D eigenvalue weighted by molar-refractivity contribution is 5.94. The van der Waals surface area contributed by atoms with Gasteiger partial charge in [0.15, 0.2) is 6.04 Å². The second-order valence-corrected chi connectivity index (χ2v) is 5.59. The molecule has 0 saturated heterocycles. The first kappa shape index (κ1) is 16.4. The summed E-state index contributed by atoms with van der Waals surface area (Å²) in [4.78, 5) is 12.2. The Hall–Kier alpha value is -2.41. The van der Waals surface area contributed by atoms with Gasteiger partial charge in [0.2, 0.25) is 0 Å². The van der Waals surface area contributed by atoms with Gasteiger partial charge in [-0.15, -0.1) is 0 Å². The number of amides is 1. The Morgan fingerprint density at radius 2 is 1.71 bits per heavy atom. The van der Waals surface area contributed by atoms with E-state index < -0.39 is 23.9 Å². The molecule has 0 fully saturated rings. The minimum atomic E-state index is -4.69. The number of carbonyl (C=O) groups is 1. The Morgan fingerprint density at radius 3 is 2.38 bits per heavy atom. The van der Waals surface area contributed by atoms with Crippen LogP contribution in [0.3, 0.4) is 0 Å². The molecule has 0 spiro atoms. The molecule has 3 nitrogen and oxygen atoms in total. The van der Waals surface area contributed by atoms with E-state index in [1.807, 2.05) is 5.32 Å². The van der Waals surface area contributed by atoms with E-state index in [4.69, 9.17) is 0 Å². The van der Waals surface area contributed by atoms with Gasteiger partial charge in [-0.05, 0) is 41.0 Å². The Labute approximate surface area is 135 Å². The number of halogens is 4. The van der Waals surface area contributed by atoms with Gasteiger partial charge < -0.3 is 10.6 Å². The third-order valence-electron chi connectivity index (χ3n) is 3.91. The third kappa shape index (κ3) is 3.41. The van der Waals surface area contributed by atoms with Crippen molar-refractivity contribution in [3.8, 4) is 0 Å². The zero-order valence-electron chi connectivity index (χ0n) is 12.5. The number of alkyl halides is 3. The number of carbonyl (C=O) groups excluding carboxylic acids is 1. The lowest BCUT2D eigenvalue weighted by Crippen LogP contribution is -2.38. The molecule has 2 aromatic rings. The first-order valence-corrected chi connectivity index (χ1v) is 7.30. The van der Waals surface area contributed by atoms with E-state index in [2.05, 4.69) is 5.32 Å². The average molecular weight is 338 g/mol. The van der Waals surface area contributed by atoms with Gasteiger partial charge in [0.25, 0.3) is 5.91 Å². The van der Waals surface area contributed by atoms with Crippen LogP contribution in [0, 0.1) is 5.82 Å². The van der Waals surface area contributed by atoms with E-state index in [0.717, 1.165) is 35.4 Å². The second kappa shape index (κ2) is 6.24. The molecule has 24 heavy (non-hydrogen) atoms. The largest absolute Gasteiger partial charge is 0.412 e. The van der Waals surface area contributed by atoms with Gasteiger partial charge in [0, 0.05) is 18.7 Å². The molecular formula is C17H14F4N2O. The predicted molar refractivity (Wildman–Crippen MR) is 79.6 cm³/mol. The Morgan fingerprint density at radius 1 is 1.04 bits per heavy atom. The number of hydrogen-bond donors (Lipinski definition) is 2. The minimum Gasteiger partial charge on any atom is -0.337 e. The van der Waals surface area contributed by atoms with Crippen molar-refractivity contribution in [1.29, 1.82) is 0 Å². The van der Waals surface area contributed by atoms with E-state index in [0.29, 0.717) is 13.1 Å². The molecule has 0 aromatic heterocycles. The summed E-state index contributed by atoms with van der Waals surface area (Å²) < 4.78 is 52.8. The van der Waals surface area contributed by atoms with Crippen LogP contribution in [0.5, 0.6) is 0 Å². The lowest BCUT2D eigenvalue weighted by atomic mass is 10.0. The third-order valence-corrected chi connectivity index (χ3v) is 3.91. The molecule has 7 heteroatoms. The van der Waals surface area contributed by atoms with Crippen molar-refractivity contribution in [2.45, 2.75) is 25.3 Å². The van der Waals surface area contributed by atoms with Crippen molar-refractivity contribution in [3.63, 3.8) is 0 Å². The van der Waals surface area contributed by atoms with E-state index in [1.165, 1.54) is 6.07 Å². The van der Waals surface area contributed by atoms with Gasteiger partial charge in [-0.1, -0.05) is 18.2 Å². The summed E-state index contributed by atoms with van der Waals surface area (Å²) >= 11 is 0. The minimum absolute atomic E-state index is 0.161. The summed E-state index contributed by atoms with van der Waals surface area (Å²) in [5, 5.41) is 5.10. The Kier molecular flexibility index (Phi) is 4.28. The number of hydrogen-bond acceptors (Lipinski definition) is 2. The molecule has 1 aliphatic heterocycles. The van der Waals surface area contributed by atoms with Crippen LogP contribution in [0.1, 0.15) is 33.1 Å². The summed E-state index contributed by atoms with van der Waals surface area (Å²) in [6.07, 6.45) is -4.69. The Balaban J connectivity index is 1.84. The van der Waals surface area contributed by atoms with Crippen LogP contribution in [0.2, 0.25) is 0 Å². The van der Waals surface area contributed by atoms with Gasteiger partial charge in [0.05, 0.1) is 0 Å². The molecule has 1 atom stereocenters. The first-order chi connectivity index (χ1) is 11.3. The van der Waals surface area contributed by atoms with Gasteiger partial charge in [-0.3, -0.25) is 4.79 Å². The smallest absolute Gasteiger partial charge is 0.337 e. The molecule has 1 heterocycles. The number of rotatable bonds is 3. The fraction of sp³-hybridized carbons (Fsp3) is 0.235. The predicted octanol–water partition coefficient (Wildman–Crippen LogP) is 3.46. The van der Waals surface area contributed by atoms with E-state index in [9.17, 15) is 22.4 Å². The SMILES string of the molecule is O=C(N[C@H](c1ccc(F)cc1)C(F)(F)F)c1ccc2c(c1)CNC2. The fourth-order valence-corrected chi connectivity index (χ4v) is 2.66. The normalized spacial score (nSPS) is 15.0. The van der Waals surface area contributed by atoms with Crippen molar-refractivity contribution < 1.29 is 22.4 Å². The van der Waals surface area contributed by atoms with E-state index in [1.54, 1.807) is 12.1 Å². The summed E-state index contributed by atoms with van der Waals surface area (Å²) in [6, 6.07) is 6.51. The molecule has 126 valence electrons. The van der Waals surface area contributed by atoms with Gasteiger partial charge >= 0.3 is 6.18 Å². The number of fused-ring (bicyclic) bond motifs is 1. The van der Waals surface area contributed by atoms with Crippen molar-refractivity contribution in [1.82, 2.24) is 10.6 Å². The van der Waals surface area contributed by atoms with Crippen LogP contribution in [0.15, 0.2) is 42.5 Å². The number of nitrogens with one attached hydrogen (secondary N) is 2. The van der Waals surface area contributed by atoms with E-state index >= 15 is 0 Å². The standard InChI is InChI=1S/C17H14F4N2O/c18-14-5-3-10(4-6-14)15(17(19,20)21)23-16(24)11-1-2-12-8-22-9-13(12)7-11/h1-7,15,22H,8-9H2,(H,23,24)/t15-/m1/s1. The highest BCUT2D eigenvalue weighted by Crippen LogP contribution is 2.33. The highest BCUT2D eigenvalue weighted by atomic mass is 19.4. The van der Waals surface area contributed by atoms with Crippen LogP contribution in [0.4, 0.5) is 17.6 Å². The molecule has 2 aromatic carbocycles. The maximum absolute atomic E-state index is 13.3. The molecule has 0 radical (unpaired) electrons. The van der Waals surface area contributed by atoms with Crippen LogP contribution >= 0.6 is 0 Å². The van der Waals surface area contributed by atoms with Crippen molar-refractivity contribution in [3.05, 3.63) is 70.5 Å². The maximum atomic E-state index is 13.3. The molecule has 1 aliphatic rings. The molecule has 0 saturated carbocycles. The molecular weight excluding hydrogens is 324 g/mol. The van der Waals surface area contributed by atoms with Crippen molar-refractivity contribution in [2.75, 3.05) is 0 Å². The summed E-state index contributed by atoms with van der Waals surface area (Å²) in [5.41, 5.74) is 1.86. The lowest BCUT2D eigenvalue weighted by Gasteiger charge is -2.22. The molecule has 0 bridgehead atoms.